The Hall–Kier alpha value is -1.50. The van der Waals surface area contributed by atoms with E-state index in [-0.39, 0.29) is 5.41 Å². The van der Waals surface area contributed by atoms with Crippen LogP contribution in [-0.2, 0) is 5.41 Å². The van der Waals surface area contributed by atoms with Gasteiger partial charge in [-0.3, -0.25) is 0 Å². The lowest BCUT2D eigenvalue weighted by molar-refractivity contribution is 0.659. The maximum atomic E-state index is 3.62. The standard InChI is InChI=1S/C17H21N/c1-10(2)15-9-14-16(18-15)12-7-6-11(3)8-13(12)17(14,4)5/h6-10,18H,1-5H3. The predicted octanol–water partition coefficient (Wildman–Crippen LogP) is 4.75. The molecule has 1 aromatic carbocycles. The van der Waals surface area contributed by atoms with Gasteiger partial charge in [0.05, 0.1) is 5.69 Å². The molecule has 0 amide bonds. The van der Waals surface area contributed by atoms with E-state index in [1.165, 1.54) is 33.6 Å². The van der Waals surface area contributed by atoms with Crippen LogP contribution in [0.1, 0.15) is 56.0 Å². The number of aromatic amines is 1. The van der Waals surface area contributed by atoms with E-state index in [1.807, 2.05) is 0 Å². The zero-order chi connectivity index (χ0) is 13.1. The Bertz CT molecular complexity index is 615. The minimum Gasteiger partial charge on any atom is -0.358 e. The van der Waals surface area contributed by atoms with Gasteiger partial charge < -0.3 is 4.98 Å². The lowest BCUT2D eigenvalue weighted by atomic mass is 9.82. The van der Waals surface area contributed by atoms with Crippen molar-refractivity contribution >= 4 is 0 Å². The summed E-state index contributed by atoms with van der Waals surface area (Å²) in [7, 11) is 0. The molecule has 3 rings (SSSR count). The van der Waals surface area contributed by atoms with Crippen LogP contribution >= 0.6 is 0 Å². The second-order valence-corrected chi connectivity index (χ2v) is 6.34. The minimum atomic E-state index is 0.125. The van der Waals surface area contributed by atoms with Crippen LogP contribution in [0.3, 0.4) is 0 Å². The van der Waals surface area contributed by atoms with E-state index < -0.39 is 0 Å². The van der Waals surface area contributed by atoms with Crippen LogP contribution in [0.5, 0.6) is 0 Å². The molecule has 0 spiro atoms. The molecule has 1 heterocycles. The molecule has 0 fully saturated rings. The maximum Gasteiger partial charge on any atom is 0.0500 e. The van der Waals surface area contributed by atoms with Crippen LogP contribution in [0.4, 0.5) is 0 Å². The quantitative estimate of drug-likeness (QED) is 0.739. The Balaban J connectivity index is 2.27. The van der Waals surface area contributed by atoms with Gasteiger partial charge in [0.25, 0.3) is 0 Å². The first-order chi connectivity index (χ1) is 8.41. The summed E-state index contributed by atoms with van der Waals surface area (Å²) >= 11 is 0. The summed E-state index contributed by atoms with van der Waals surface area (Å²) in [6, 6.07) is 9.16. The summed E-state index contributed by atoms with van der Waals surface area (Å²) in [6.07, 6.45) is 0. The van der Waals surface area contributed by atoms with Gasteiger partial charge >= 0.3 is 0 Å². The molecule has 0 bridgehead atoms. The fraction of sp³-hybridized carbons (Fsp3) is 0.412. The third kappa shape index (κ3) is 1.40. The van der Waals surface area contributed by atoms with Crippen molar-refractivity contribution in [3.63, 3.8) is 0 Å². The van der Waals surface area contributed by atoms with Gasteiger partial charge in [-0.25, -0.2) is 0 Å². The highest BCUT2D eigenvalue weighted by Crippen LogP contribution is 2.49. The largest absolute Gasteiger partial charge is 0.358 e. The number of rotatable bonds is 1. The van der Waals surface area contributed by atoms with Gasteiger partial charge in [0.15, 0.2) is 0 Å². The molecule has 0 saturated carbocycles. The molecule has 1 aliphatic carbocycles. The van der Waals surface area contributed by atoms with E-state index in [9.17, 15) is 0 Å². The number of aryl methyl sites for hydroxylation is 1. The maximum absolute atomic E-state index is 3.62. The normalized spacial score (nSPS) is 15.9. The summed E-state index contributed by atoms with van der Waals surface area (Å²) in [5, 5.41) is 0. The lowest BCUT2D eigenvalue weighted by Gasteiger charge is -2.21. The lowest BCUT2D eigenvalue weighted by Crippen LogP contribution is -2.14. The first-order valence-corrected chi connectivity index (χ1v) is 6.76. The molecule has 1 N–H and O–H groups in total. The van der Waals surface area contributed by atoms with Crippen LogP contribution in [0.25, 0.3) is 11.3 Å². The van der Waals surface area contributed by atoms with Crippen LogP contribution in [0.15, 0.2) is 24.3 Å². The van der Waals surface area contributed by atoms with Gasteiger partial charge in [0.2, 0.25) is 0 Å². The average molecular weight is 239 g/mol. The van der Waals surface area contributed by atoms with Crippen molar-refractivity contribution in [2.24, 2.45) is 0 Å². The zero-order valence-corrected chi connectivity index (χ0v) is 11.9. The van der Waals surface area contributed by atoms with Crippen molar-refractivity contribution in [1.82, 2.24) is 4.98 Å². The first kappa shape index (κ1) is 11.6. The van der Waals surface area contributed by atoms with E-state index in [0.29, 0.717) is 5.92 Å². The number of H-pyrrole nitrogens is 1. The summed E-state index contributed by atoms with van der Waals surface area (Å²) in [6.45, 7) is 11.3. The second-order valence-electron chi connectivity index (χ2n) is 6.34. The molecule has 0 atom stereocenters. The van der Waals surface area contributed by atoms with Crippen LogP contribution < -0.4 is 0 Å². The Labute approximate surface area is 109 Å². The molecular weight excluding hydrogens is 218 g/mol. The Morgan fingerprint density at radius 3 is 2.44 bits per heavy atom. The molecule has 1 aliphatic rings. The van der Waals surface area contributed by atoms with Crippen molar-refractivity contribution < 1.29 is 0 Å². The molecular formula is C17H21N. The average Bonchev–Trinajstić information content (AvgIpc) is 2.80. The topological polar surface area (TPSA) is 15.8 Å². The zero-order valence-electron chi connectivity index (χ0n) is 11.9. The smallest absolute Gasteiger partial charge is 0.0500 e. The fourth-order valence-electron chi connectivity index (χ4n) is 3.03. The summed E-state index contributed by atoms with van der Waals surface area (Å²) in [5.74, 6) is 0.556. The van der Waals surface area contributed by atoms with E-state index in [2.05, 4.69) is 63.9 Å². The number of benzene rings is 1. The molecule has 0 aliphatic heterocycles. The predicted molar refractivity (Wildman–Crippen MR) is 77.2 cm³/mol. The minimum absolute atomic E-state index is 0.125. The van der Waals surface area contributed by atoms with Crippen LogP contribution in [0.2, 0.25) is 0 Å². The third-order valence-electron chi connectivity index (χ3n) is 4.25. The molecule has 0 unspecified atom stereocenters. The van der Waals surface area contributed by atoms with Crippen molar-refractivity contribution in [3.8, 4) is 11.3 Å². The molecule has 0 radical (unpaired) electrons. The highest BCUT2D eigenvalue weighted by Gasteiger charge is 2.37. The molecule has 2 aromatic rings. The Morgan fingerprint density at radius 2 is 1.78 bits per heavy atom. The molecule has 0 saturated heterocycles. The number of fused-ring (bicyclic) bond motifs is 3. The Morgan fingerprint density at radius 1 is 1.06 bits per heavy atom. The third-order valence-corrected chi connectivity index (χ3v) is 4.25. The van der Waals surface area contributed by atoms with Gasteiger partial charge in [-0.1, -0.05) is 51.5 Å². The van der Waals surface area contributed by atoms with Gasteiger partial charge in [0.1, 0.15) is 0 Å². The van der Waals surface area contributed by atoms with E-state index in [4.69, 9.17) is 0 Å². The number of nitrogens with one attached hydrogen (secondary N) is 1. The van der Waals surface area contributed by atoms with Crippen molar-refractivity contribution in [3.05, 3.63) is 46.6 Å². The molecule has 94 valence electrons. The van der Waals surface area contributed by atoms with Gasteiger partial charge in [0, 0.05) is 16.7 Å². The Kier molecular flexibility index (Phi) is 2.25. The number of hydrogen-bond donors (Lipinski definition) is 1. The van der Waals surface area contributed by atoms with Crippen LogP contribution in [-0.4, -0.2) is 4.98 Å². The van der Waals surface area contributed by atoms with Gasteiger partial charge in [-0.05, 0) is 30.0 Å². The summed E-state index contributed by atoms with van der Waals surface area (Å²) in [4.78, 5) is 3.62. The first-order valence-electron chi connectivity index (χ1n) is 6.76. The fourth-order valence-corrected chi connectivity index (χ4v) is 3.03. The van der Waals surface area contributed by atoms with Gasteiger partial charge in [-0.15, -0.1) is 0 Å². The van der Waals surface area contributed by atoms with Crippen molar-refractivity contribution in [2.45, 2.75) is 46.0 Å². The molecule has 1 nitrogen and oxygen atoms in total. The number of aromatic nitrogens is 1. The summed E-state index contributed by atoms with van der Waals surface area (Å²) < 4.78 is 0. The van der Waals surface area contributed by atoms with E-state index in [1.54, 1.807) is 0 Å². The highest BCUT2D eigenvalue weighted by atomic mass is 14.8. The van der Waals surface area contributed by atoms with Crippen molar-refractivity contribution in [1.29, 1.82) is 0 Å². The molecule has 1 heteroatoms. The molecule has 18 heavy (non-hydrogen) atoms. The van der Waals surface area contributed by atoms with Gasteiger partial charge in [-0.2, -0.15) is 0 Å². The van der Waals surface area contributed by atoms with E-state index >= 15 is 0 Å². The number of hydrogen-bond acceptors (Lipinski definition) is 0. The van der Waals surface area contributed by atoms with Crippen LogP contribution in [0, 0.1) is 6.92 Å². The monoisotopic (exact) mass is 239 g/mol. The SMILES string of the molecule is Cc1ccc2c(c1)C(C)(C)c1cc(C(C)C)[nH]c1-2. The highest BCUT2D eigenvalue weighted by molar-refractivity contribution is 5.79. The van der Waals surface area contributed by atoms with Crippen molar-refractivity contribution in [2.75, 3.05) is 0 Å². The van der Waals surface area contributed by atoms with E-state index in [0.717, 1.165) is 0 Å². The summed E-state index contributed by atoms with van der Waals surface area (Å²) in [5.41, 5.74) is 8.44. The molecule has 1 aromatic heterocycles. The second kappa shape index (κ2) is 3.50.